The molecule has 2 aromatic rings. The standard InChI is InChI=1S/C19H22ClFN4O6S2/c1-19(2,3)31-18(28)25(16-9-32-10-22-16)33(29,30)15-6-12(20)14(7-13(15)21)23-11-4-5-24(8-11)17(26)27/h6-7,9-11,23H,4-5,8H2,1-3H3,(H,26,27)/t11-/m0/s1. The number of carbonyl (C=O) groups excluding carboxylic acids is 1. The Morgan fingerprint density at radius 2 is 2.09 bits per heavy atom. The summed E-state index contributed by atoms with van der Waals surface area (Å²) in [7, 11) is -4.78. The molecule has 0 bridgehead atoms. The number of sulfonamides is 1. The number of carbonyl (C=O) groups is 2. The number of likely N-dealkylation sites (tertiary alicyclic amines) is 1. The molecule has 1 atom stereocenters. The monoisotopic (exact) mass is 520 g/mol. The van der Waals surface area contributed by atoms with E-state index in [4.69, 9.17) is 21.4 Å². The van der Waals surface area contributed by atoms with Gasteiger partial charge in [0.1, 0.15) is 16.3 Å². The van der Waals surface area contributed by atoms with Crippen molar-refractivity contribution in [3.05, 3.63) is 33.9 Å². The van der Waals surface area contributed by atoms with Crippen LogP contribution in [-0.2, 0) is 14.8 Å². The lowest BCUT2D eigenvalue weighted by atomic mass is 10.2. The summed E-state index contributed by atoms with van der Waals surface area (Å²) in [6.07, 6.45) is -1.84. The van der Waals surface area contributed by atoms with E-state index in [1.807, 2.05) is 0 Å². The van der Waals surface area contributed by atoms with E-state index in [-0.39, 0.29) is 33.4 Å². The largest absolute Gasteiger partial charge is 0.465 e. The molecule has 3 rings (SSSR count). The maximum absolute atomic E-state index is 15.0. The number of rotatable bonds is 5. The molecule has 0 saturated carbocycles. The lowest BCUT2D eigenvalue weighted by molar-refractivity contribution is 0.0608. The van der Waals surface area contributed by atoms with Crippen molar-refractivity contribution < 1.29 is 32.2 Å². The van der Waals surface area contributed by atoms with Gasteiger partial charge >= 0.3 is 12.2 Å². The fourth-order valence-electron chi connectivity index (χ4n) is 3.13. The Balaban J connectivity index is 1.94. The van der Waals surface area contributed by atoms with Gasteiger partial charge in [-0.1, -0.05) is 11.6 Å². The number of ether oxygens (including phenoxy) is 1. The summed E-state index contributed by atoms with van der Waals surface area (Å²) in [5.41, 5.74) is 0.402. The number of amides is 2. The third-order valence-corrected chi connectivity index (χ3v) is 7.12. The van der Waals surface area contributed by atoms with Crippen LogP contribution in [0.4, 0.5) is 25.5 Å². The van der Waals surface area contributed by atoms with Gasteiger partial charge in [0.05, 0.1) is 16.2 Å². The maximum atomic E-state index is 15.0. The van der Waals surface area contributed by atoms with Crippen molar-refractivity contribution in [3.8, 4) is 0 Å². The third kappa shape index (κ3) is 5.65. The summed E-state index contributed by atoms with van der Waals surface area (Å²) < 4.78 is 47.1. The molecule has 0 aliphatic carbocycles. The first kappa shape index (κ1) is 25.0. The fourth-order valence-corrected chi connectivity index (χ4v) is 5.35. The number of aromatic nitrogens is 1. The minimum absolute atomic E-state index is 0.0998. The number of thiazole rings is 1. The normalized spacial score (nSPS) is 16.5. The fraction of sp³-hybridized carbons (Fsp3) is 0.421. The van der Waals surface area contributed by atoms with Crippen molar-refractivity contribution in [3.63, 3.8) is 0 Å². The average molecular weight is 521 g/mol. The molecule has 0 spiro atoms. The maximum Gasteiger partial charge on any atom is 0.430 e. The summed E-state index contributed by atoms with van der Waals surface area (Å²) in [6.45, 7) is 5.15. The van der Waals surface area contributed by atoms with E-state index in [0.29, 0.717) is 13.0 Å². The minimum Gasteiger partial charge on any atom is -0.465 e. The van der Waals surface area contributed by atoms with Crippen LogP contribution in [0.3, 0.4) is 0 Å². The highest BCUT2D eigenvalue weighted by Crippen LogP contribution is 2.33. The molecule has 2 N–H and O–H groups in total. The quantitative estimate of drug-likeness (QED) is 0.599. The van der Waals surface area contributed by atoms with E-state index < -0.39 is 38.5 Å². The Kier molecular flexibility index (Phi) is 7.05. The van der Waals surface area contributed by atoms with Gasteiger partial charge in [0.25, 0.3) is 10.0 Å². The van der Waals surface area contributed by atoms with Gasteiger partial charge in [-0.15, -0.1) is 15.6 Å². The molecule has 0 radical (unpaired) electrons. The Hall–Kier alpha value is -2.64. The Bertz CT molecular complexity index is 1150. The first-order valence-corrected chi connectivity index (χ1v) is 12.5. The third-order valence-electron chi connectivity index (χ3n) is 4.54. The molecule has 14 heteroatoms. The number of halogens is 2. The second-order valence-corrected chi connectivity index (χ2v) is 11.1. The van der Waals surface area contributed by atoms with E-state index in [1.165, 1.54) is 15.8 Å². The Morgan fingerprint density at radius 1 is 1.39 bits per heavy atom. The molecule has 1 aliphatic rings. The molecule has 180 valence electrons. The zero-order valence-corrected chi connectivity index (χ0v) is 20.3. The lowest BCUT2D eigenvalue weighted by Crippen LogP contribution is -2.41. The summed E-state index contributed by atoms with van der Waals surface area (Å²) in [6, 6.07) is 1.46. The second kappa shape index (κ2) is 9.31. The molecule has 2 heterocycles. The Morgan fingerprint density at radius 3 is 2.64 bits per heavy atom. The molecule has 33 heavy (non-hydrogen) atoms. The predicted molar refractivity (Wildman–Crippen MR) is 121 cm³/mol. The molecule has 2 amide bonds. The molecule has 10 nitrogen and oxygen atoms in total. The number of hydrogen-bond acceptors (Lipinski definition) is 8. The van der Waals surface area contributed by atoms with E-state index in [2.05, 4.69) is 10.3 Å². The van der Waals surface area contributed by atoms with Crippen molar-refractivity contribution in [2.75, 3.05) is 22.7 Å². The van der Waals surface area contributed by atoms with Crippen LogP contribution in [0, 0.1) is 5.82 Å². The van der Waals surface area contributed by atoms with E-state index in [9.17, 15) is 18.0 Å². The molecule has 1 aromatic heterocycles. The first-order chi connectivity index (χ1) is 15.3. The number of nitrogens with one attached hydrogen (secondary N) is 1. The predicted octanol–water partition coefficient (Wildman–Crippen LogP) is 4.23. The molecule has 1 fully saturated rings. The van der Waals surface area contributed by atoms with Gasteiger partial charge in [-0.2, -0.15) is 0 Å². The summed E-state index contributed by atoms with van der Waals surface area (Å²) in [4.78, 5) is 28.0. The average Bonchev–Trinajstić information content (AvgIpc) is 3.35. The van der Waals surface area contributed by atoms with Crippen LogP contribution in [0.15, 0.2) is 27.9 Å². The molecule has 1 aromatic carbocycles. The second-order valence-electron chi connectivity index (χ2n) is 8.22. The summed E-state index contributed by atoms with van der Waals surface area (Å²) in [5, 5.41) is 13.2. The molecule has 0 unspecified atom stereocenters. The van der Waals surface area contributed by atoms with Crippen molar-refractivity contribution in [1.29, 1.82) is 0 Å². The van der Waals surface area contributed by atoms with Crippen molar-refractivity contribution in [2.45, 2.75) is 43.7 Å². The SMILES string of the molecule is CC(C)(C)OC(=O)N(c1cscn1)S(=O)(=O)c1cc(Cl)c(N[C@H]2CCN(C(=O)O)C2)cc1F. The van der Waals surface area contributed by atoms with E-state index in [0.717, 1.165) is 23.5 Å². The molecule has 1 saturated heterocycles. The zero-order chi connectivity index (χ0) is 24.6. The molecular weight excluding hydrogens is 499 g/mol. The van der Waals surface area contributed by atoms with Crippen LogP contribution < -0.4 is 9.62 Å². The number of anilines is 2. The Labute approximate surface area is 199 Å². The summed E-state index contributed by atoms with van der Waals surface area (Å²) >= 11 is 7.27. The van der Waals surface area contributed by atoms with Crippen LogP contribution in [0.2, 0.25) is 5.02 Å². The number of carboxylic acid groups (broad SMARTS) is 1. The van der Waals surface area contributed by atoms with Crippen LogP contribution in [0.5, 0.6) is 0 Å². The van der Waals surface area contributed by atoms with Crippen LogP contribution in [-0.4, -0.2) is 60.3 Å². The molecular formula is C19H22ClFN4O6S2. The highest BCUT2D eigenvalue weighted by Gasteiger charge is 2.38. The van der Waals surface area contributed by atoms with Crippen LogP contribution in [0.1, 0.15) is 27.2 Å². The molecule has 1 aliphatic heterocycles. The zero-order valence-electron chi connectivity index (χ0n) is 17.9. The summed E-state index contributed by atoms with van der Waals surface area (Å²) in [5.74, 6) is -1.40. The highest BCUT2D eigenvalue weighted by atomic mass is 35.5. The van der Waals surface area contributed by atoms with Crippen LogP contribution in [0.25, 0.3) is 0 Å². The number of nitrogens with zero attached hydrogens (tertiary/aromatic N) is 3. The van der Waals surface area contributed by atoms with E-state index in [1.54, 1.807) is 20.8 Å². The van der Waals surface area contributed by atoms with Gasteiger partial charge < -0.3 is 20.1 Å². The topological polar surface area (TPSA) is 129 Å². The number of hydrogen-bond donors (Lipinski definition) is 2. The van der Waals surface area contributed by atoms with Gasteiger partial charge in [0.15, 0.2) is 5.82 Å². The smallest absolute Gasteiger partial charge is 0.430 e. The van der Waals surface area contributed by atoms with Gasteiger partial charge in [0, 0.05) is 24.5 Å². The van der Waals surface area contributed by atoms with E-state index >= 15 is 4.39 Å². The van der Waals surface area contributed by atoms with Crippen LogP contribution >= 0.6 is 22.9 Å². The van der Waals surface area contributed by atoms with Crippen molar-refractivity contribution in [1.82, 2.24) is 9.88 Å². The minimum atomic E-state index is -4.78. The van der Waals surface area contributed by atoms with Crippen molar-refractivity contribution in [2.24, 2.45) is 0 Å². The van der Waals surface area contributed by atoms with Gasteiger partial charge in [-0.25, -0.2) is 27.4 Å². The number of benzene rings is 1. The van der Waals surface area contributed by atoms with Gasteiger partial charge in [-0.3, -0.25) is 0 Å². The van der Waals surface area contributed by atoms with Gasteiger partial charge in [0.2, 0.25) is 0 Å². The first-order valence-electron chi connectivity index (χ1n) is 9.69. The van der Waals surface area contributed by atoms with Crippen molar-refractivity contribution >= 4 is 56.7 Å². The van der Waals surface area contributed by atoms with Gasteiger partial charge in [-0.05, 0) is 39.3 Å². The lowest BCUT2D eigenvalue weighted by Gasteiger charge is -2.26. The highest BCUT2D eigenvalue weighted by molar-refractivity contribution is 7.93.